The molecule has 0 amide bonds. The molecule has 0 aliphatic carbocycles. The van der Waals surface area contributed by atoms with Gasteiger partial charge >= 0.3 is 0 Å². The van der Waals surface area contributed by atoms with E-state index in [1.165, 1.54) is 0 Å². The Hall–Kier alpha value is 0.254. The van der Waals surface area contributed by atoms with E-state index in [2.05, 4.69) is 24.9 Å². The third kappa shape index (κ3) is 2.89. The van der Waals surface area contributed by atoms with Gasteiger partial charge in [0.2, 0.25) is 0 Å². The normalized spacial score (nSPS) is 9.10. The molecule has 0 aliphatic heterocycles. The van der Waals surface area contributed by atoms with Gasteiger partial charge in [0.1, 0.15) is 0 Å². The van der Waals surface area contributed by atoms with Crippen molar-refractivity contribution in [2.75, 3.05) is 0 Å². The number of aromatic nitrogens is 1. The van der Waals surface area contributed by atoms with Gasteiger partial charge in [-0.3, -0.25) is 0 Å². The maximum atomic E-state index is 4.12. The van der Waals surface area contributed by atoms with Crippen molar-refractivity contribution < 1.29 is 32.7 Å². The number of nitrogens with zero attached hydrogens (tertiary/aromatic N) is 1. The molecule has 0 bridgehead atoms. The fourth-order valence-electron chi connectivity index (χ4n) is 0.653. The van der Waals surface area contributed by atoms with Gasteiger partial charge < -0.3 is 4.98 Å². The van der Waals surface area contributed by atoms with Gasteiger partial charge in [-0.1, -0.05) is 20.0 Å². The SMILES string of the molecule is CC(C)c1[c-]cccn1.[Y]. The van der Waals surface area contributed by atoms with Gasteiger partial charge in [-0.05, 0) is 11.6 Å². The predicted octanol–water partition coefficient (Wildman–Crippen LogP) is 2.00. The minimum atomic E-state index is 0. The average Bonchev–Trinajstić information content (AvgIpc) is 1.90. The van der Waals surface area contributed by atoms with Crippen LogP contribution in [-0.4, -0.2) is 4.98 Å². The van der Waals surface area contributed by atoms with Crippen LogP contribution in [0.3, 0.4) is 0 Å². The zero-order chi connectivity index (χ0) is 6.69. The summed E-state index contributed by atoms with van der Waals surface area (Å²) in [5.41, 5.74) is 1.04. The molecule has 1 nitrogen and oxygen atoms in total. The van der Waals surface area contributed by atoms with Crippen molar-refractivity contribution in [1.29, 1.82) is 0 Å². The quantitative estimate of drug-likeness (QED) is 0.644. The summed E-state index contributed by atoms with van der Waals surface area (Å²) in [4.78, 5) is 4.12. The fourth-order valence-corrected chi connectivity index (χ4v) is 0.653. The molecule has 0 saturated heterocycles. The van der Waals surface area contributed by atoms with E-state index in [0.717, 1.165) is 5.69 Å². The summed E-state index contributed by atoms with van der Waals surface area (Å²) in [6.45, 7) is 4.22. The zero-order valence-electron chi connectivity index (χ0n) is 6.33. The van der Waals surface area contributed by atoms with Crippen molar-refractivity contribution in [3.05, 3.63) is 30.1 Å². The minimum absolute atomic E-state index is 0. The van der Waals surface area contributed by atoms with Crippen LogP contribution < -0.4 is 0 Å². The first kappa shape index (κ1) is 10.3. The maximum absolute atomic E-state index is 4.12. The third-order valence-corrected chi connectivity index (χ3v) is 1.17. The van der Waals surface area contributed by atoms with Gasteiger partial charge in [-0.2, -0.15) is 6.07 Å². The molecule has 51 valence electrons. The molecule has 0 aliphatic rings. The monoisotopic (exact) mass is 209 g/mol. The van der Waals surface area contributed by atoms with E-state index < -0.39 is 0 Å². The Bertz CT molecular complexity index is 172. The minimum Gasteiger partial charge on any atom is -0.300 e. The van der Waals surface area contributed by atoms with Crippen LogP contribution in [0.2, 0.25) is 0 Å². The molecule has 1 heterocycles. The van der Waals surface area contributed by atoms with Gasteiger partial charge in [-0.25, -0.2) is 12.1 Å². The molecule has 0 aromatic carbocycles. The van der Waals surface area contributed by atoms with Crippen LogP contribution in [-0.2, 0) is 32.7 Å². The molecule has 0 unspecified atom stereocenters. The fraction of sp³-hybridized carbons (Fsp3) is 0.375. The predicted molar refractivity (Wildman–Crippen MR) is 37.2 cm³/mol. The second kappa shape index (κ2) is 4.98. The second-order valence-electron chi connectivity index (χ2n) is 2.32. The molecule has 2 heteroatoms. The second-order valence-corrected chi connectivity index (χ2v) is 2.32. The van der Waals surface area contributed by atoms with Crippen LogP contribution in [0.4, 0.5) is 0 Å². The first-order valence-corrected chi connectivity index (χ1v) is 3.13. The molecule has 1 rings (SSSR count). The molecule has 10 heavy (non-hydrogen) atoms. The summed E-state index contributed by atoms with van der Waals surface area (Å²) in [6.07, 6.45) is 1.80. The molecule has 1 radical (unpaired) electrons. The summed E-state index contributed by atoms with van der Waals surface area (Å²) in [6, 6.07) is 6.83. The van der Waals surface area contributed by atoms with Crippen LogP contribution in [0.15, 0.2) is 18.3 Å². The van der Waals surface area contributed by atoms with E-state index in [9.17, 15) is 0 Å². The van der Waals surface area contributed by atoms with E-state index in [4.69, 9.17) is 0 Å². The first-order valence-electron chi connectivity index (χ1n) is 3.13. The smallest absolute Gasteiger partial charge is 0 e. The van der Waals surface area contributed by atoms with Crippen LogP contribution in [0.1, 0.15) is 25.5 Å². The molecule has 0 N–H and O–H groups in total. The first-order chi connectivity index (χ1) is 4.30. The van der Waals surface area contributed by atoms with Crippen molar-refractivity contribution in [3.63, 3.8) is 0 Å². The summed E-state index contributed by atoms with van der Waals surface area (Å²) in [7, 11) is 0. The zero-order valence-corrected chi connectivity index (χ0v) is 9.17. The van der Waals surface area contributed by atoms with Crippen molar-refractivity contribution >= 4 is 0 Å². The topological polar surface area (TPSA) is 12.9 Å². The van der Waals surface area contributed by atoms with Crippen LogP contribution >= 0.6 is 0 Å². The van der Waals surface area contributed by atoms with E-state index in [1.807, 2.05) is 12.1 Å². The Labute approximate surface area is 87.1 Å². The van der Waals surface area contributed by atoms with Crippen LogP contribution in [0.5, 0.6) is 0 Å². The molecule has 0 spiro atoms. The standard InChI is InChI=1S/C8H10N.Y/c1-7(2)8-5-3-4-6-9-8;/h3-4,6-7H,1-2H3;/q-1;. The van der Waals surface area contributed by atoms with Gasteiger partial charge in [0.25, 0.3) is 0 Å². The molecule has 1 aromatic rings. The number of pyridine rings is 1. The van der Waals surface area contributed by atoms with Gasteiger partial charge in [0.15, 0.2) is 0 Å². The van der Waals surface area contributed by atoms with Crippen molar-refractivity contribution in [3.8, 4) is 0 Å². The van der Waals surface area contributed by atoms with Crippen LogP contribution in [0, 0.1) is 6.07 Å². The molecule has 0 fully saturated rings. The summed E-state index contributed by atoms with van der Waals surface area (Å²) in [5.74, 6) is 0.492. The number of hydrogen-bond acceptors (Lipinski definition) is 1. The Morgan fingerprint density at radius 3 is 2.50 bits per heavy atom. The Balaban J connectivity index is 0.000000810. The van der Waals surface area contributed by atoms with E-state index >= 15 is 0 Å². The van der Waals surface area contributed by atoms with Gasteiger partial charge in [0, 0.05) is 32.7 Å². The molecular weight excluding hydrogens is 199 g/mol. The largest absolute Gasteiger partial charge is 0.300 e. The Morgan fingerprint density at radius 1 is 1.50 bits per heavy atom. The number of hydrogen-bond donors (Lipinski definition) is 0. The third-order valence-electron chi connectivity index (χ3n) is 1.17. The maximum Gasteiger partial charge on any atom is 0 e. The summed E-state index contributed by atoms with van der Waals surface area (Å²) in [5, 5.41) is 0. The van der Waals surface area contributed by atoms with Crippen molar-refractivity contribution in [1.82, 2.24) is 4.98 Å². The summed E-state index contributed by atoms with van der Waals surface area (Å²) < 4.78 is 0. The van der Waals surface area contributed by atoms with E-state index in [1.54, 1.807) is 6.20 Å². The average molecular weight is 209 g/mol. The van der Waals surface area contributed by atoms with Crippen molar-refractivity contribution in [2.24, 2.45) is 0 Å². The molecule has 0 saturated carbocycles. The van der Waals surface area contributed by atoms with E-state index in [0.29, 0.717) is 5.92 Å². The Morgan fingerprint density at radius 2 is 2.20 bits per heavy atom. The van der Waals surface area contributed by atoms with Gasteiger partial charge in [-0.15, -0.1) is 0 Å². The van der Waals surface area contributed by atoms with Gasteiger partial charge in [0.05, 0.1) is 0 Å². The molecule has 0 atom stereocenters. The van der Waals surface area contributed by atoms with Crippen LogP contribution in [0.25, 0.3) is 0 Å². The number of rotatable bonds is 1. The van der Waals surface area contributed by atoms with Crippen molar-refractivity contribution in [2.45, 2.75) is 19.8 Å². The van der Waals surface area contributed by atoms with E-state index in [-0.39, 0.29) is 32.7 Å². The summed E-state index contributed by atoms with van der Waals surface area (Å²) >= 11 is 0. The Kier molecular flexibility index (Phi) is 5.10. The molecular formula is C8H10NY-. The molecule has 1 aromatic heterocycles.